The van der Waals surface area contributed by atoms with Gasteiger partial charge >= 0.3 is 0 Å². The molecule has 0 saturated carbocycles. The molecule has 102 valence electrons. The largest absolute Gasteiger partial charge is 0.439 e. The third-order valence-electron chi connectivity index (χ3n) is 2.83. The Morgan fingerprint density at radius 2 is 2.05 bits per heavy atom. The van der Waals surface area contributed by atoms with E-state index in [1.165, 1.54) is 12.1 Å². The molecule has 0 unspecified atom stereocenters. The molecule has 0 aliphatic carbocycles. The molecule has 0 amide bonds. The van der Waals surface area contributed by atoms with Crippen LogP contribution in [0.4, 0.5) is 4.39 Å². The van der Waals surface area contributed by atoms with Crippen LogP contribution in [0.25, 0.3) is 11.3 Å². The average molecular weight is 263 g/mol. The van der Waals surface area contributed by atoms with Gasteiger partial charge in [-0.25, -0.2) is 9.37 Å². The summed E-state index contributed by atoms with van der Waals surface area (Å²) in [5.41, 5.74) is 6.29. The number of nitrogens with two attached hydrogens (primary N) is 1. The van der Waals surface area contributed by atoms with E-state index < -0.39 is 0 Å². The van der Waals surface area contributed by atoms with Crippen LogP contribution >= 0.6 is 0 Å². The Bertz CT molecular complexity index is 510. The smallest absolute Gasteiger partial charge is 0.209 e. The highest BCUT2D eigenvalue weighted by molar-refractivity contribution is 5.55. The molecule has 1 aromatic carbocycles. The Morgan fingerprint density at radius 3 is 2.74 bits per heavy atom. The molecule has 0 fully saturated rings. The second-order valence-corrected chi connectivity index (χ2v) is 4.51. The fraction of sp³-hybridized carbons (Fsp3) is 0.357. The van der Waals surface area contributed by atoms with E-state index in [0.717, 1.165) is 18.5 Å². The topological polar surface area (TPSA) is 55.3 Å². The molecule has 0 aliphatic heterocycles. The average Bonchev–Trinajstić information content (AvgIpc) is 2.85. The summed E-state index contributed by atoms with van der Waals surface area (Å²) in [5.74, 6) is 1.05. The third kappa shape index (κ3) is 3.87. The zero-order chi connectivity index (χ0) is 13.7. The van der Waals surface area contributed by atoms with E-state index in [1.807, 2.05) is 7.05 Å². The number of hydrogen-bond acceptors (Lipinski definition) is 4. The summed E-state index contributed by atoms with van der Waals surface area (Å²) in [6.07, 6.45) is 2.61. The number of oxazole rings is 1. The van der Waals surface area contributed by atoms with Gasteiger partial charge in [0.15, 0.2) is 5.76 Å². The second kappa shape index (κ2) is 6.45. The number of hydrogen-bond donors (Lipinski definition) is 1. The van der Waals surface area contributed by atoms with Gasteiger partial charge in [0.05, 0.1) is 12.7 Å². The summed E-state index contributed by atoms with van der Waals surface area (Å²) in [4.78, 5) is 6.33. The van der Waals surface area contributed by atoms with Gasteiger partial charge in [-0.1, -0.05) is 0 Å². The fourth-order valence-electron chi connectivity index (χ4n) is 1.80. The molecule has 2 rings (SSSR count). The Balaban J connectivity index is 2.00. The molecule has 5 heteroatoms. The van der Waals surface area contributed by atoms with Gasteiger partial charge in [0.2, 0.25) is 5.89 Å². The lowest BCUT2D eigenvalue weighted by atomic mass is 10.2. The van der Waals surface area contributed by atoms with Gasteiger partial charge in [-0.3, -0.25) is 4.90 Å². The maximum atomic E-state index is 12.8. The van der Waals surface area contributed by atoms with Crippen LogP contribution in [0.15, 0.2) is 34.9 Å². The summed E-state index contributed by atoms with van der Waals surface area (Å²) < 4.78 is 18.5. The molecule has 0 aliphatic rings. The lowest BCUT2D eigenvalue weighted by Gasteiger charge is -2.13. The highest BCUT2D eigenvalue weighted by Gasteiger charge is 2.08. The van der Waals surface area contributed by atoms with E-state index in [9.17, 15) is 4.39 Å². The molecule has 1 heterocycles. The van der Waals surface area contributed by atoms with Gasteiger partial charge in [0.1, 0.15) is 5.82 Å². The van der Waals surface area contributed by atoms with Crippen LogP contribution in [0.5, 0.6) is 0 Å². The zero-order valence-corrected chi connectivity index (χ0v) is 11.0. The van der Waals surface area contributed by atoms with Crippen LogP contribution in [0.2, 0.25) is 0 Å². The van der Waals surface area contributed by atoms with E-state index >= 15 is 0 Å². The molecule has 0 radical (unpaired) electrons. The SMILES string of the molecule is CN(CCCN)Cc1ncc(-c2ccc(F)cc2)o1. The van der Waals surface area contributed by atoms with Crippen LogP contribution in [-0.4, -0.2) is 30.0 Å². The molecule has 0 spiro atoms. The summed E-state index contributed by atoms with van der Waals surface area (Å²) in [6.45, 7) is 2.22. The van der Waals surface area contributed by atoms with Crippen LogP contribution in [-0.2, 0) is 6.54 Å². The summed E-state index contributed by atoms with van der Waals surface area (Å²) in [6, 6.07) is 6.17. The molecule has 2 aromatic rings. The van der Waals surface area contributed by atoms with Gasteiger partial charge in [0.25, 0.3) is 0 Å². The van der Waals surface area contributed by atoms with Gasteiger partial charge in [-0.05, 0) is 50.8 Å². The minimum atomic E-state index is -0.259. The molecule has 0 saturated heterocycles. The van der Waals surface area contributed by atoms with Crippen molar-refractivity contribution in [1.29, 1.82) is 0 Å². The van der Waals surface area contributed by atoms with E-state index in [1.54, 1.807) is 18.3 Å². The predicted octanol–water partition coefficient (Wildman–Crippen LogP) is 2.26. The van der Waals surface area contributed by atoms with Crippen molar-refractivity contribution >= 4 is 0 Å². The minimum absolute atomic E-state index is 0.259. The van der Waals surface area contributed by atoms with Crippen LogP contribution in [0.1, 0.15) is 12.3 Å². The molecule has 4 nitrogen and oxygen atoms in total. The molecule has 0 atom stereocenters. The monoisotopic (exact) mass is 263 g/mol. The van der Waals surface area contributed by atoms with Crippen molar-refractivity contribution in [3.05, 3.63) is 42.2 Å². The summed E-state index contributed by atoms with van der Waals surface area (Å²) in [5, 5.41) is 0. The molecular formula is C14H18FN3O. The van der Waals surface area contributed by atoms with E-state index in [4.69, 9.17) is 10.2 Å². The van der Waals surface area contributed by atoms with Crippen molar-refractivity contribution in [2.45, 2.75) is 13.0 Å². The third-order valence-corrected chi connectivity index (χ3v) is 2.83. The lowest BCUT2D eigenvalue weighted by Crippen LogP contribution is -2.21. The van der Waals surface area contributed by atoms with Crippen LogP contribution in [0, 0.1) is 5.82 Å². The van der Waals surface area contributed by atoms with Gasteiger partial charge in [-0.15, -0.1) is 0 Å². The maximum Gasteiger partial charge on any atom is 0.209 e. The molecule has 2 N–H and O–H groups in total. The quantitative estimate of drug-likeness (QED) is 0.868. The van der Waals surface area contributed by atoms with E-state index in [0.29, 0.717) is 24.7 Å². The lowest BCUT2D eigenvalue weighted by molar-refractivity contribution is 0.288. The normalized spacial score (nSPS) is 11.2. The first-order valence-corrected chi connectivity index (χ1v) is 6.28. The van der Waals surface area contributed by atoms with Crippen molar-refractivity contribution < 1.29 is 8.81 Å². The molecular weight excluding hydrogens is 245 g/mol. The highest BCUT2D eigenvalue weighted by atomic mass is 19.1. The van der Waals surface area contributed by atoms with E-state index in [-0.39, 0.29) is 5.82 Å². The van der Waals surface area contributed by atoms with Crippen molar-refractivity contribution in [2.75, 3.05) is 20.1 Å². The Hall–Kier alpha value is -1.72. The predicted molar refractivity (Wildman–Crippen MR) is 71.9 cm³/mol. The number of halogens is 1. The first-order chi connectivity index (χ1) is 9.19. The van der Waals surface area contributed by atoms with Gasteiger partial charge in [0, 0.05) is 5.56 Å². The van der Waals surface area contributed by atoms with Crippen molar-refractivity contribution in [3.63, 3.8) is 0 Å². The van der Waals surface area contributed by atoms with Crippen molar-refractivity contribution in [1.82, 2.24) is 9.88 Å². The summed E-state index contributed by atoms with van der Waals surface area (Å²) >= 11 is 0. The minimum Gasteiger partial charge on any atom is -0.439 e. The molecule has 1 aromatic heterocycles. The first-order valence-electron chi connectivity index (χ1n) is 6.28. The second-order valence-electron chi connectivity index (χ2n) is 4.51. The van der Waals surface area contributed by atoms with Crippen molar-refractivity contribution in [2.24, 2.45) is 5.73 Å². The van der Waals surface area contributed by atoms with Crippen LogP contribution in [0.3, 0.4) is 0 Å². The van der Waals surface area contributed by atoms with Gasteiger partial charge in [-0.2, -0.15) is 0 Å². The van der Waals surface area contributed by atoms with E-state index in [2.05, 4.69) is 9.88 Å². The highest BCUT2D eigenvalue weighted by Crippen LogP contribution is 2.21. The standard InChI is InChI=1S/C14H18FN3O/c1-18(8-2-7-16)10-14-17-9-13(19-14)11-3-5-12(15)6-4-11/h3-6,9H,2,7-8,10,16H2,1H3. The number of benzene rings is 1. The van der Waals surface area contributed by atoms with Crippen molar-refractivity contribution in [3.8, 4) is 11.3 Å². The number of nitrogens with zero attached hydrogens (tertiary/aromatic N) is 2. The first kappa shape index (κ1) is 13.7. The zero-order valence-electron chi connectivity index (χ0n) is 11.0. The Kier molecular flexibility index (Phi) is 4.65. The molecule has 0 bridgehead atoms. The maximum absolute atomic E-state index is 12.8. The van der Waals surface area contributed by atoms with Crippen LogP contribution < -0.4 is 5.73 Å². The molecule has 19 heavy (non-hydrogen) atoms. The van der Waals surface area contributed by atoms with Gasteiger partial charge < -0.3 is 10.2 Å². The summed E-state index contributed by atoms with van der Waals surface area (Å²) in [7, 11) is 2.00. The number of aromatic nitrogens is 1. The fourth-order valence-corrected chi connectivity index (χ4v) is 1.80. The number of rotatable bonds is 6. The Labute approximate surface area is 112 Å². The Morgan fingerprint density at radius 1 is 1.32 bits per heavy atom.